The topological polar surface area (TPSA) is 56.0 Å². The summed E-state index contributed by atoms with van der Waals surface area (Å²) in [6.07, 6.45) is 0. The van der Waals surface area contributed by atoms with Crippen molar-refractivity contribution in [2.45, 2.75) is 6.92 Å². The number of para-hydroxylation sites is 1. The number of anilines is 1. The first-order valence-corrected chi connectivity index (χ1v) is 9.32. The number of pyridine rings is 1. The van der Waals surface area contributed by atoms with Crippen LogP contribution in [0.25, 0.3) is 21.8 Å². The van der Waals surface area contributed by atoms with Gasteiger partial charge in [0, 0.05) is 24.0 Å². The molecule has 2 aromatic carbocycles. The molecule has 1 N–H and O–H groups in total. The first kappa shape index (κ1) is 17.5. The number of nitrogens with zero attached hydrogens (tertiary/aromatic N) is 2. The van der Waals surface area contributed by atoms with Gasteiger partial charge in [0.25, 0.3) is 11.5 Å². The summed E-state index contributed by atoms with van der Waals surface area (Å²) < 4.78 is 4.22. The van der Waals surface area contributed by atoms with Gasteiger partial charge in [-0.05, 0) is 52.7 Å². The van der Waals surface area contributed by atoms with Crippen molar-refractivity contribution >= 4 is 49.3 Å². The maximum atomic E-state index is 12.9. The lowest BCUT2D eigenvalue weighted by molar-refractivity contribution is 0.101. The summed E-state index contributed by atoms with van der Waals surface area (Å²) in [5, 5.41) is 4.39. The third kappa shape index (κ3) is 2.77. The second-order valence-electron chi connectivity index (χ2n) is 6.67. The first-order chi connectivity index (χ1) is 12.9. The van der Waals surface area contributed by atoms with Crippen molar-refractivity contribution < 1.29 is 4.79 Å². The van der Waals surface area contributed by atoms with Crippen LogP contribution in [0.2, 0.25) is 0 Å². The van der Waals surface area contributed by atoms with Gasteiger partial charge >= 0.3 is 0 Å². The van der Waals surface area contributed by atoms with Gasteiger partial charge in [0.05, 0.1) is 22.1 Å². The molecule has 0 unspecified atom stereocenters. The number of aryl methyl sites for hydroxylation is 3. The van der Waals surface area contributed by atoms with E-state index in [1.165, 1.54) is 0 Å². The minimum absolute atomic E-state index is 0.116. The number of benzene rings is 2. The van der Waals surface area contributed by atoms with E-state index in [9.17, 15) is 9.59 Å². The number of nitrogens with one attached hydrogen (secondary N) is 1. The summed E-state index contributed by atoms with van der Waals surface area (Å²) in [6.45, 7) is 1.99. The zero-order valence-electron chi connectivity index (χ0n) is 15.2. The van der Waals surface area contributed by atoms with Crippen LogP contribution in [-0.2, 0) is 14.1 Å². The van der Waals surface area contributed by atoms with Gasteiger partial charge in [-0.25, -0.2) is 0 Å². The number of aromatic nitrogens is 2. The molecule has 5 nitrogen and oxygen atoms in total. The van der Waals surface area contributed by atoms with Gasteiger partial charge in [-0.2, -0.15) is 0 Å². The molecule has 2 heterocycles. The van der Waals surface area contributed by atoms with Crippen molar-refractivity contribution in [3.63, 3.8) is 0 Å². The molecule has 0 aliphatic rings. The summed E-state index contributed by atoms with van der Waals surface area (Å²) in [5.41, 5.74) is 3.71. The van der Waals surface area contributed by atoms with Crippen molar-refractivity contribution in [3.8, 4) is 0 Å². The van der Waals surface area contributed by atoms with Crippen LogP contribution in [0.4, 0.5) is 5.69 Å². The Morgan fingerprint density at radius 3 is 2.48 bits per heavy atom. The smallest absolute Gasteiger partial charge is 0.272 e. The average Bonchev–Trinajstić information content (AvgIpc) is 3.00. The molecule has 0 bridgehead atoms. The summed E-state index contributed by atoms with van der Waals surface area (Å²) >= 11 is 3.48. The first-order valence-electron chi connectivity index (χ1n) is 8.53. The molecule has 2 aromatic heterocycles. The average molecular weight is 424 g/mol. The van der Waals surface area contributed by atoms with E-state index in [0.29, 0.717) is 16.8 Å². The maximum absolute atomic E-state index is 12.9. The molecule has 0 spiro atoms. The molecule has 1 amide bonds. The van der Waals surface area contributed by atoms with Crippen LogP contribution in [0.3, 0.4) is 0 Å². The van der Waals surface area contributed by atoms with E-state index >= 15 is 0 Å². The predicted molar refractivity (Wildman–Crippen MR) is 112 cm³/mol. The molecule has 6 heteroatoms. The SMILES string of the molecule is Cc1ccc(NC(=O)c2cc3c(=O)n(C)c4ccccc4c3n2C)c(Br)c1. The Kier molecular flexibility index (Phi) is 4.15. The van der Waals surface area contributed by atoms with Gasteiger partial charge in [0.2, 0.25) is 0 Å². The molecule has 27 heavy (non-hydrogen) atoms. The quantitative estimate of drug-likeness (QED) is 0.520. The molecule has 0 radical (unpaired) electrons. The Morgan fingerprint density at radius 2 is 1.74 bits per heavy atom. The van der Waals surface area contributed by atoms with Crippen molar-refractivity contribution in [2.75, 3.05) is 5.32 Å². The summed E-state index contributed by atoms with van der Waals surface area (Å²) in [6, 6.07) is 15.1. The molecule has 4 aromatic rings. The van der Waals surface area contributed by atoms with Crippen LogP contribution in [-0.4, -0.2) is 15.0 Å². The fourth-order valence-corrected chi connectivity index (χ4v) is 4.07. The number of carbonyl (C=O) groups is 1. The van der Waals surface area contributed by atoms with Crippen molar-refractivity contribution in [3.05, 3.63) is 74.6 Å². The van der Waals surface area contributed by atoms with E-state index in [-0.39, 0.29) is 11.5 Å². The Morgan fingerprint density at radius 1 is 1.00 bits per heavy atom. The largest absolute Gasteiger partial charge is 0.339 e. The van der Waals surface area contributed by atoms with E-state index in [4.69, 9.17) is 0 Å². The molecular weight excluding hydrogens is 406 g/mol. The maximum Gasteiger partial charge on any atom is 0.272 e. The van der Waals surface area contributed by atoms with Gasteiger partial charge in [-0.15, -0.1) is 0 Å². The van der Waals surface area contributed by atoms with Gasteiger partial charge in [-0.3, -0.25) is 9.59 Å². The lowest BCUT2D eigenvalue weighted by Gasteiger charge is -2.10. The fraction of sp³-hybridized carbons (Fsp3) is 0.143. The van der Waals surface area contributed by atoms with Crippen LogP contribution in [0.1, 0.15) is 16.1 Å². The molecule has 0 atom stereocenters. The van der Waals surface area contributed by atoms with Gasteiger partial charge in [0.1, 0.15) is 5.69 Å². The minimum Gasteiger partial charge on any atom is -0.339 e. The van der Waals surface area contributed by atoms with E-state index in [1.54, 1.807) is 22.2 Å². The molecule has 0 fully saturated rings. The van der Waals surface area contributed by atoms with Crippen LogP contribution >= 0.6 is 15.9 Å². The lowest BCUT2D eigenvalue weighted by atomic mass is 10.1. The van der Waals surface area contributed by atoms with E-state index in [1.807, 2.05) is 56.4 Å². The Hall–Kier alpha value is -2.86. The molecule has 0 saturated carbocycles. The van der Waals surface area contributed by atoms with E-state index in [0.717, 1.165) is 26.5 Å². The number of hydrogen-bond donors (Lipinski definition) is 1. The number of fused-ring (bicyclic) bond motifs is 3. The Bertz CT molecular complexity index is 1280. The highest BCUT2D eigenvalue weighted by atomic mass is 79.9. The summed E-state index contributed by atoms with van der Waals surface area (Å²) in [5.74, 6) is -0.260. The molecular formula is C21H18BrN3O2. The van der Waals surface area contributed by atoms with Crippen LogP contribution in [0.15, 0.2) is 57.8 Å². The third-order valence-electron chi connectivity index (χ3n) is 4.89. The standard InChI is InChI=1S/C21H18BrN3O2/c1-12-8-9-16(15(22)10-12)23-20(26)18-11-14-19(24(18)2)13-6-4-5-7-17(13)25(3)21(14)27/h4-11H,1-3H3,(H,23,26). The fourth-order valence-electron chi connectivity index (χ4n) is 3.47. The summed E-state index contributed by atoms with van der Waals surface area (Å²) in [4.78, 5) is 25.7. The molecule has 0 aliphatic heterocycles. The third-order valence-corrected chi connectivity index (χ3v) is 5.55. The van der Waals surface area contributed by atoms with Crippen molar-refractivity contribution in [2.24, 2.45) is 14.1 Å². The normalized spacial score (nSPS) is 11.3. The molecule has 136 valence electrons. The van der Waals surface area contributed by atoms with Crippen LogP contribution < -0.4 is 10.9 Å². The molecule has 4 rings (SSSR count). The van der Waals surface area contributed by atoms with Crippen molar-refractivity contribution in [1.29, 1.82) is 0 Å². The number of carbonyl (C=O) groups excluding carboxylic acids is 1. The minimum atomic E-state index is -0.260. The highest BCUT2D eigenvalue weighted by Gasteiger charge is 2.19. The Labute approximate surface area is 164 Å². The predicted octanol–water partition coefficient (Wildman–Crippen LogP) is 4.35. The second kappa shape index (κ2) is 6.39. The monoisotopic (exact) mass is 423 g/mol. The van der Waals surface area contributed by atoms with Crippen LogP contribution in [0.5, 0.6) is 0 Å². The highest BCUT2D eigenvalue weighted by molar-refractivity contribution is 9.10. The second-order valence-corrected chi connectivity index (χ2v) is 7.52. The van der Waals surface area contributed by atoms with Gasteiger partial charge in [0.15, 0.2) is 0 Å². The highest BCUT2D eigenvalue weighted by Crippen LogP contribution is 2.27. The van der Waals surface area contributed by atoms with Crippen LogP contribution in [0, 0.1) is 6.92 Å². The molecule has 0 saturated heterocycles. The zero-order valence-corrected chi connectivity index (χ0v) is 16.8. The van der Waals surface area contributed by atoms with E-state index in [2.05, 4.69) is 21.2 Å². The Balaban J connectivity index is 1.89. The molecule has 0 aliphatic carbocycles. The van der Waals surface area contributed by atoms with Crippen molar-refractivity contribution in [1.82, 2.24) is 9.13 Å². The number of halogens is 1. The van der Waals surface area contributed by atoms with E-state index < -0.39 is 0 Å². The number of hydrogen-bond acceptors (Lipinski definition) is 2. The number of rotatable bonds is 2. The number of amides is 1. The zero-order chi connectivity index (χ0) is 19.3. The van der Waals surface area contributed by atoms with Gasteiger partial charge < -0.3 is 14.5 Å². The summed E-state index contributed by atoms with van der Waals surface area (Å²) in [7, 11) is 3.56. The lowest BCUT2D eigenvalue weighted by Crippen LogP contribution is -2.17. The van der Waals surface area contributed by atoms with Gasteiger partial charge in [-0.1, -0.05) is 24.3 Å².